The first kappa shape index (κ1) is 9.49. The van der Waals surface area contributed by atoms with Crippen LogP contribution in [0.2, 0.25) is 0 Å². The minimum Gasteiger partial charge on any atom is -0.445 e. The summed E-state index contributed by atoms with van der Waals surface area (Å²) in [6.45, 7) is 3.42. The van der Waals surface area contributed by atoms with E-state index in [0.717, 1.165) is 12.3 Å². The monoisotopic (exact) mass is 292 g/mol. The highest BCUT2D eigenvalue weighted by Gasteiger charge is 2.51. The van der Waals surface area contributed by atoms with Crippen LogP contribution in [0.15, 0.2) is 12.7 Å². The highest BCUT2D eigenvalue weighted by atomic mass is 127. The Morgan fingerprint density at radius 1 is 1.62 bits per heavy atom. The summed E-state index contributed by atoms with van der Waals surface area (Å²) in [5.41, 5.74) is 0. The van der Waals surface area contributed by atoms with Gasteiger partial charge in [-0.2, -0.15) is 0 Å². The third-order valence-corrected chi connectivity index (χ3v) is 4.70. The van der Waals surface area contributed by atoms with E-state index in [1.807, 2.05) is 0 Å². The summed E-state index contributed by atoms with van der Waals surface area (Å²) < 4.78 is 5.20. The third-order valence-electron chi connectivity index (χ3n) is 3.15. The molecule has 2 nitrogen and oxygen atoms in total. The molecule has 2 fully saturated rings. The lowest BCUT2D eigenvalue weighted by Crippen LogP contribution is -2.33. The van der Waals surface area contributed by atoms with Crippen molar-refractivity contribution in [2.45, 2.75) is 29.3 Å². The van der Waals surface area contributed by atoms with Crippen molar-refractivity contribution in [1.82, 2.24) is 0 Å². The van der Waals surface area contributed by atoms with Crippen molar-refractivity contribution >= 4 is 28.6 Å². The average molecular weight is 292 g/mol. The molecule has 0 aliphatic heterocycles. The topological polar surface area (TPSA) is 26.3 Å². The van der Waals surface area contributed by atoms with E-state index in [-0.39, 0.29) is 9.58 Å². The summed E-state index contributed by atoms with van der Waals surface area (Å²) >= 11 is 2.31. The van der Waals surface area contributed by atoms with Gasteiger partial charge in [0.25, 0.3) is 0 Å². The minimum atomic E-state index is -0.276. The van der Waals surface area contributed by atoms with Gasteiger partial charge in [0, 0.05) is 12.0 Å². The Kier molecular flexibility index (Phi) is 2.38. The molecule has 0 aromatic carbocycles. The van der Waals surface area contributed by atoms with Crippen LogP contribution in [0, 0.1) is 11.8 Å². The molecule has 2 aliphatic carbocycles. The number of alkyl halides is 1. The van der Waals surface area contributed by atoms with E-state index in [1.54, 1.807) is 0 Å². The molecule has 3 unspecified atom stereocenters. The molecule has 0 spiro atoms. The Morgan fingerprint density at radius 3 is 2.85 bits per heavy atom. The SMILES string of the molecule is C=CC(=O)OC1(I)CC2CCC1C2. The molecule has 2 aliphatic rings. The van der Waals surface area contributed by atoms with Crippen molar-refractivity contribution in [1.29, 1.82) is 0 Å². The van der Waals surface area contributed by atoms with Gasteiger partial charge in [0.2, 0.25) is 0 Å². The fraction of sp³-hybridized carbons (Fsp3) is 0.700. The Balaban J connectivity index is 2.05. The van der Waals surface area contributed by atoms with Crippen molar-refractivity contribution < 1.29 is 9.53 Å². The first-order chi connectivity index (χ1) is 6.14. The summed E-state index contributed by atoms with van der Waals surface area (Å²) in [7, 11) is 0. The van der Waals surface area contributed by atoms with Crippen molar-refractivity contribution in [3.05, 3.63) is 12.7 Å². The summed E-state index contributed by atoms with van der Waals surface area (Å²) in [6, 6.07) is 0. The molecular weight excluding hydrogens is 279 g/mol. The van der Waals surface area contributed by atoms with Crippen LogP contribution in [0.4, 0.5) is 0 Å². The largest absolute Gasteiger partial charge is 0.445 e. The van der Waals surface area contributed by atoms with E-state index < -0.39 is 0 Å². The van der Waals surface area contributed by atoms with E-state index >= 15 is 0 Å². The quantitative estimate of drug-likeness (QED) is 0.338. The number of hydrogen-bond donors (Lipinski definition) is 0. The molecule has 0 aromatic rings. The summed E-state index contributed by atoms with van der Waals surface area (Å²) in [5, 5.41) is 0. The number of hydrogen-bond acceptors (Lipinski definition) is 2. The summed E-state index contributed by atoms with van der Waals surface area (Å²) in [5.74, 6) is 1.10. The van der Waals surface area contributed by atoms with Gasteiger partial charge in [0.05, 0.1) is 0 Å². The van der Waals surface area contributed by atoms with Gasteiger partial charge in [-0.3, -0.25) is 0 Å². The predicted octanol–water partition coefficient (Wildman–Crippen LogP) is 2.67. The van der Waals surface area contributed by atoms with Gasteiger partial charge in [-0.15, -0.1) is 0 Å². The number of carbonyl (C=O) groups is 1. The van der Waals surface area contributed by atoms with Gasteiger partial charge < -0.3 is 4.74 Å². The number of esters is 1. The van der Waals surface area contributed by atoms with E-state index in [4.69, 9.17) is 4.74 Å². The maximum absolute atomic E-state index is 11.1. The molecule has 13 heavy (non-hydrogen) atoms. The minimum absolute atomic E-state index is 0.216. The van der Waals surface area contributed by atoms with Crippen molar-refractivity contribution in [3.63, 3.8) is 0 Å². The van der Waals surface area contributed by atoms with Gasteiger partial charge in [0.1, 0.15) is 0 Å². The second-order valence-corrected chi connectivity index (χ2v) is 5.82. The number of halogens is 1. The maximum atomic E-state index is 11.1. The van der Waals surface area contributed by atoms with Crippen LogP contribution in [-0.2, 0) is 9.53 Å². The maximum Gasteiger partial charge on any atom is 0.331 e. The van der Waals surface area contributed by atoms with Gasteiger partial charge >= 0.3 is 5.97 Å². The number of carbonyl (C=O) groups excluding carboxylic acids is 1. The molecule has 0 heterocycles. The van der Waals surface area contributed by atoms with Gasteiger partial charge in [0.15, 0.2) is 3.61 Å². The molecule has 0 radical (unpaired) electrons. The second kappa shape index (κ2) is 3.26. The van der Waals surface area contributed by atoms with E-state index in [0.29, 0.717) is 5.92 Å². The van der Waals surface area contributed by atoms with Gasteiger partial charge in [-0.05, 0) is 54.2 Å². The predicted molar refractivity (Wildman–Crippen MR) is 58.5 cm³/mol. The molecule has 0 amide bonds. The van der Waals surface area contributed by atoms with E-state index in [1.165, 1.54) is 25.3 Å². The third kappa shape index (κ3) is 1.63. The Hall–Kier alpha value is -0.0600. The Bertz CT molecular complexity index is 251. The van der Waals surface area contributed by atoms with Crippen LogP contribution in [0.5, 0.6) is 0 Å². The molecule has 2 rings (SSSR count). The fourth-order valence-corrected chi connectivity index (χ4v) is 3.95. The molecule has 72 valence electrons. The smallest absolute Gasteiger partial charge is 0.331 e. The molecule has 3 heteroatoms. The van der Waals surface area contributed by atoms with Crippen LogP contribution >= 0.6 is 22.6 Å². The van der Waals surface area contributed by atoms with Crippen molar-refractivity contribution in [2.24, 2.45) is 11.8 Å². The van der Waals surface area contributed by atoms with Crippen LogP contribution in [0.1, 0.15) is 25.7 Å². The average Bonchev–Trinajstić information content (AvgIpc) is 2.62. The molecule has 2 saturated carbocycles. The van der Waals surface area contributed by atoms with Gasteiger partial charge in [-0.1, -0.05) is 6.58 Å². The van der Waals surface area contributed by atoms with Crippen LogP contribution < -0.4 is 0 Å². The number of fused-ring (bicyclic) bond motifs is 2. The second-order valence-electron chi connectivity index (χ2n) is 3.99. The van der Waals surface area contributed by atoms with E-state index in [2.05, 4.69) is 29.2 Å². The lowest BCUT2D eigenvalue weighted by atomic mass is 9.98. The Morgan fingerprint density at radius 2 is 2.38 bits per heavy atom. The molecule has 0 N–H and O–H groups in total. The van der Waals surface area contributed by atoms with Crippen molar-refractivity contribution in [2.75, 3.05) is 0 Å². The lowest BCUT2D eigenvalue weighted by molar-refractivity contribution is -0.146. The number of ether oxygens (including phenoxy) is 1. The zero-order valence-corrected chi connectivity index (χ0v) is 9.62. The normalized spacial score (nSPS) is 41.9. The molecule has 0 saturated heterocycles. The molecule has 3 atom stereocenters. The zero-order valence-electron chi connectivity index (χ0n) is 7.46. The summed E-state index contributed by atoms with van der Waals surface area (Å²) in [6.07, 6.45) is 6.08. The summed E-state index contributed by atoms with van der Waals surface area (Å²) in [4.78, 5) is 11.1. The Labute approximate surface area is 91.9 Å². The molecular formula is C10H13IO2. The van der Waals surface area contributed by atoms with E-state index in [9.17, 15) is 4.79 Å². The van der Waals surface area contributed by atoms with Crippen LogP contribution in [0.3, 0.4) is 0 Å². The lowest BCUT2D eigenvalue weighted by Gasteiger charge is -2.31. The standard InChI is InChI=1S/C10H13IO2/c1-2-9(12)13-10(11)6-7-3-4-8(10)5-7/h2,7-8H,1,3-6H2. The zero-order chi connectivity index (χ0) is 9.47. The first-order valence-corrected chi connectivity index (χ1v) is 5.76. The first-order valence-electron chi connectivity index (χ1n) is 4.68. The number of rotatable bonds is 2. The van der Waals surface area contributed by atoms with Crippen molar-refractivity contribution in [3.8, 4) is 0 Å². The highest BCUT2D eigenvalue weighted by molar-refractivity contribution is 14.1. The van der Waals surface area contributed by atoms with Crippen LogP contribution in [0.25, 0.3) is 0 Å². The fourth-order valence-electron chi connectivity index (χ4n) is 2.55. The molecule has 0 aromatic heterocycles. The highest BCUT2D eigenvalue weighted by Crippen LogP contribution is 2.55. The van der Waals surface area contributed by atoms with Crippen LogP contribution in [-0.4, -0.2) is 9.58 Å². The molecule has 2 bridgehead atoms. The van der Waals surface area contributed by atoms with Gasteiger partial charge in [-0.25, -0.2) is 4.79 Å².